The highest BCUT2D eigenvalue weighted by Crippen LogP contribution is 2.58. The van der Waals surface area contributed by atoms with E-state index in [2.05, 4.69) is 10.2 Å². The number of hydrogen-bond donors (Lipinski definition) is 0. The van der Waals surface area contributed by atoms with E-state index in [1.54, 1.807) is 4.90 Å². The maximum Gasteiger partial charge on any atom is 0.470 e. The number of hydrogen-bond acceptors (Lipinski definition) is 5. The summed E-state index contributed by atoms with van der Waals surface area (Å²) in [5.74, 6) is -0.707. The van der Waals surface area contributed by atoms with Gasteiger partial charge < -0.3 is 19.0 Å². The molecule has 0 unspecified atom stereocenters. The first kappa shape index (κ1) is 23.7. The molecule has 2 aromatic rings. The molecule has 1 saturated heterocycles. The normalized spacial score (nSPS) is 29.6. The summed E-state index contributed by atoms with van der Waals surface area (Å²) in [6.07, 6.45) is 1.69. The van der Waals surface area contributed by atoms with E-state index in [1.165, 1.54) is 31.4 Å². The van der Waals surface area contributed by atoms with Crippen molar-refractivity contribution in [3.63, 3.8) is 0 Å². The highest BCUT2D eigenvalue weighted by molar-refractivity contribution is 5.76. The molecule has 0 radical (unpaired) electrons. The predicted octanol–water partition coefficient (Wildman–Crippen LogP) is 5.12. The van der Waals surface area contributed by atoms with Crippen LogP contribution in [0, 0.1) is 23.6 Å². The highest BCUT2D eigenvalue weighted by atomic mass is 19.4. The molecule has 7 nitrogen and oxygen atoms in total. The van der Waals surface area contributed by atoms with Crippen LogP contribution in [0.5, 0.6) is 0 Å². The molecular formula is C25H28F4N4O3. The lowest BCUT2D eigenvalue weighted by Crippen LogP contribution is -2.64. The van der Waals surface area contributed by atoms with Gasteiger partial charge in [-0.3, -0.25) is 0 Å². The standard InChI is InChI=1S/C25H28F4N4O3/c26-20-10-18(21-30-31-22(36-21)25(27,28)29)1-2-19(20)14-33(23(34)32-3-5-35-6-4-32)24-11-15-7-16(12-24)9-17(8-15)13-24/h1-2,10,15-17H,3-9,11-14H2. The van der Waals surface area contributed by atoms with Gasteiger partial charge in [0.05, 0.1) is 19.8 Å². The summed E-state index contributed by atoms with van der Waals surface area (Å²) in [4.78, 5) is 17.5. The Balaban J connectivity index is 1.30. The second-order valence-electron chi connectivity index (χ2n) is 10.8. The quantitative estimate of drug-likeness (QED) is 0.537. The number of morpholine rings is 1. The van der Waals surface area contributed by atoms with E-state index >= 15 is 4.39 Å². The molecule has 4 bridgehead atoms. The third-order valence-electron chi connectivity index (χ3n) is 8.39. The zero-order chi connectivity index (χ0) is 25.1. The van der Waals surface area contributed by atoms with Crippen LogP contribution < -0.4 is 0 Å². The van der Waals surface area contributed by atoms with Gasteiger partial charge in [0.1, 0.15) is 5.82 Å². The van der Waals surface area contributed by atoms with Gasteiger partial charge in [-0.1, -0.05) is 6.07 Å². The van der Waals surface area contributed by atoms with Crippen molar-refractivity contribution < 1.29 is 31.5 Å². The van der Waals surface area contributed by atoms with Gasteiger partial charge in [-0.15, -0.1) is 10.2 Å². The van der Waals surface area contributed by atoms with Crippen LogP contribution in [0.4, 0.5) is 22.4 Å². The molecule has 1 aromatic heterocycles. The first-order chi connectivity index (χ1) is 17.2. The van der Waals surface area contributed by atoms with Crippen molar-refractivity contribution in [2.24, 2.45) is 17.8 Å². The number of aromatic nitrogens is 2. The van der Waals surface area contributed by atoms with E-state index in [4.69, 9.17) is 9.15 Å². The van der Waals surface area contributed by atoms with Crippen molar-refractivity contribution in [3.05, 3.63) is 35.5 Å². The van der Waals surface area contributed by atoms with Gasteiger partial charge in [0.15, 0.2) is 0 Å². The monoisotopic (exact) mass is 508 g/mol. The van der Waals surface area contributed by atoms with Gasteiger partial charge >= 0.3 is 18.1 Å². The summed E-state index contributed by atoms with van der Waals surface area (Å²) in [7, 11) is 0. The summed E-state index contributed by atoms with van der Waals surface area (Å²) in [6.45, 7) is 2.07. The van der Waals surface area contributed by atoms with E-state index < -0.39 is 23.8 Å². The molecule has 5 fully saturated rings. The highest BCUT2D eigenvalue weighted by Gasteiger charge is 2.55. The van der Waals surface area contributed by atoms with Crippen LogP contribution in [0.2, 0.25) is 0 Å². The van der Waals surface area contributed by atoms with Crippen molar-refractivity contribution >= 4 is 6.03 Å². The average molecular weight is 509 g/mol. The maximum atomic E-state index is 15.3. The van der Waals surface area contributed by atoms with Crippen LogP contribution in [0.1, 0.15) is 50.0 Å². The van der Waals surface area contributed by atoms with E-state index in [1.807, 2.05) is 4.90 Å². The molecule has 2 amide bonds. The van der Waals surface area contributed by atoms with Gasteiger partial charge in [-0.25, -0.2) is 9.18 Å². The number of urea groups is 1. The largest absolute Gasteiger partial charge is 0.470 e. The lowest BCUT2D eigenvalue weighted by atomic mass is 9.52. The Morgan fingerprint density at radius 1 is 1.06 bits per heavy atom. The average Bonchev–Trinajstić information content (AvgIpc) is 3.34. The van der Waals surface area contributed by atoms with E-state index in [9.17, 15) is 18.0 Å². The number of carbonyl (C=O) groups excluding carboxylic acids is 1. The fourth-order valence-electron chi connectivity index (χ4n) is 7.19. The molecule has 2 heterocycles. The Labute approximate surface area is 205 Å². The van der Waals surface area contributed by atoms with E-state index in [0.29, 0.717) is 49.6 Å². The number of alkyl halides is 3. The van der Waals surface area contributed by atoms with Crippen LogP contribution in [-0.4, -0.2) is 57.9 Å². The first-order valence-corrected chi connectivity index (χ1v) is 12.5. The third kappa shape index (κ3) is 4.25. The molecule has 0 atom stereocenters. The van der Waals surface area contributed by atoms with Crippen molar-refractivity contribution in [2.75, 3.05) is 26.3 Å². The predicted molar refractivity (Wildman–Crippen MR) is 119 cm³/mol. The van der Waals surface area contributed by atoms with Gasteiger partial charge in [-0.2, -0.15) is 13.2 Å². The van der Waals surface area contributed by atoms with Gasteiger partial charge in [0.25, 0.3) is 0 Å². The molecule has 1 aliphatic heterocycles. The number of benzene rings is 1. The second-order valence-corrected chi connectivity index (χ2v) is 10.8. The zero-order valence-electron chi connectivity index (χ0n) is 19.8. The van der Waals surface area contributed by atoms with Crippen LogP contribution in [-0.2, 0) is 17.5 Å². The molecule has 0 N–H and O–H groups in total. The SMILES string of the molecule is O=C(N1CCOCC1)N(Cc1ccc(-c2nnc(C(F)(F)F)o2)cc1F)C12CC3CC(CC(C3)C1)C2. The minimum atomic E-state index is -4.78. The number of amides is 2. The minimum absolute atomic E-state index is 0.0557. The summed E-state index contributed by atoms with van der Waals surface area (Å²) in [5, 5.41) is 6.43. The van der Waals surface area contributed by atoms with Gasteiger partial charge in [0.2, 0.25) is 5.89 Å². The number of ether oxygens (including phenoxy) is 1. The van der Waals surface area contributed by atoms with E-state index in [0.717, 1.165) is 25.3 Å². The number of halogens is 4. The topological polar surface area (TPSA) is 71.7 Å². The molecule has 36 heavy (non-hydrogen) atoms. The Hall–Kier alpha value is -2.69. The van der Waals surface area contributed by atoms with E-state index in [-0.39, 0.29) is 23.7 Å². The summed E-state index contributed by atoms with van der Waals surface area (Å²) >= 11 is 0. The van der Waals surface area contributed by atoms with Gasteiger partial charge in [-0.05, 0) is 68.4 Å². The molecule has 4 saturated carbocycles. The van der Waals surface area contributed by atoms with Crippen molar-refractivity contribution in [3.8, 4) is 11.5 Å². The molecule has 7 rings (SSSR count). The number of rotatable bonds is 4. The van der Waals surface area contributed by atoms with Gasteiger partial charge in [0, 0.05) is 29.8 Å². The summed E-state index contributed by atoms with van der Waals surface area (Å²) < 4.78 is 63.9. The lowest BCUT2D eigenvalue weighted by Gasteiger charge is -2.60. The molecule has 0 spiro atoms. The summed E-state index contributed by atoms with van der Waals surface area (Å²) in [6, 6.07) is 3.97. The van der Waals surface area contributed by atoms with Crippen LogP contribution in [0.25, 0.3) is 11.5 Å². The Bertz CT molecular complexity index is 1110. The Morgan fingerprint density at radius 3 is 2.25 bits per heavy atom. The fraction of sp³-hybridized carbons (Fsp3) is 0.640. The molecule has 11 heteroatoms. The molecule has 4 aliphatic carbocycles. The molecule has 1 aromatic carbocycles. The number of carbonyl (C=O) groups is 1. The third-order valence-corrected chi connectivity index (χ3v) is 8.39. The second kappa shape index (κ2) is 8.71. The maximum absolute atomic E-state index is 15.3. The first-order valence-electron chi connectivity index (χ1n) is 12.5. The number of nitrogens with zero attached hydrogens (tertiary/aromatic N) is 4. The van der Waals surface area contributed by atoms with Crippen molar-refractivity contribution in [1.29, 1.82) is 0 Å². The Morgan fingerprint density at radius 2 is 1.69 bits per heavy atom. The zero-order valence-corrected chi connectivity index (χ0v) is 19.8. The minimum Gasteiger partial charge on any atom is -0.413 e. The van der Waals surface area contributed by atoms with Crippen LogP contribution in [0.15, 0.2) is 22.6 Å². The molecule has 194 valence electrons. The molecule has 5 aliphatic rings. The lowest BCUT2D eigenvalue weighted by molar-refractivity contribution is -0.156. The van der Waals surface area contributed by atoms with Crippen LogP contribution in [0.3, 0.4) is 0 Å². The Kier molecular flexibility index (Phi) is 5.73. The van der Waals surface area contributed by atoms with Crippen molar-refractivity contribution in [1.82, 2.24) is 20.0 Å². The van der Waals surface area contributed by atoms with Crippen molar-refractivity contribution in [2.45, 2.75) is 56.8 Å². The fourth-order valence-corrected chi connectivity index (χ4v) is 7.19. The van der Waals surface area contributed by atoms with Crippen LogP contribution >= 0.6 is 0 Å². The summed E-state index contributed by atoms with van der Waals surface area (Å²) in [5.41, 5.74) is 0.0790. The smallest absolute Gasteiger partial charge is 0.413 e. The molecular weight excluding hydrogens is 480 g/mol.